The van der Waals surface area contributed by atoms with E-state index < -0.39 is 0 Å². The molecule has 37 heavy (non-hydrogen) atoms. The minimum Gasteiger partial charge on any atom is -0.461 e. The maximum absolute atomic E-state index is 13.9. The largest absolute Gasteiger partial charge is 0.461 e. The van der Waals surface area contributed by atoms with E-state index in [1.807, 2.05) is 89.5 Å². The van der Waals surface area contributed by atoms with Gasteiger partial charge in [-0.05, 0) is 83.6 Å². The molecule has 1 aliphatic carbocycles. The molecular formula is C31H23BrClNO3. The zero-order chi connectivity index (χ0) is 25.5. The summed E-state index contributed by atoms with van der Waals surface area (Å²) in [5.41, 5.74) is 4.35. The Morgan fingerprint density at radius 3 is 2.57 bits per heavy atom. The van der Waals surface area contributed by atoms with Crippen LogP contribution in [0.15, 0.2) is 89.4 Å². The molecule has 6 rings (SSSR count). The monoisotopic (exact) mass is 571 g/mol. The van der Waals surface area contributed by atoms with E-state index in [4.69, 9.17) is 16.3 Å². The lowest BCUT2D eigenvalue weighted by Crippen LogP contribution is -2.26. The molecule has 5 aromatic rings. The van der Waals surface area contributed by atoms with Crippen molar-refractivity contribution in [3.8, 4) is 0 Å². The Kier molecular flexibility index (Phi) is 6.35. The summed E-state index contributed by atoms with van der Waals surface area (Å²) in [6, 6.07) is 27.1. The van der Waals surface area contributed by atoms with Crippen LogP contribution in [0, 0.1) is 5.92 Å². The van der Waals surface area contributed by atoms with Crippen LogP contribution in [-0.2, 0) is 29.0 Å². The van der Waals surface area contributed by atoms with Gasteiger partial charge in [-0.25, -0.2) is 0 Å². The van der Waals surface area contributed by atoms with Gasteiger partial charge in [0.25, 0.3) is 5.91 Å². The van der Waals surface area contributed by atoms with Crippen LogP contribution < -0.4 is 0 Å². The van der Waals surface area contributed by atoms with Crippen LogP contribution in [-0.4, -0.2) is 16.4 Å². The number of hydrogen-bond donors (Lipinski definition) is 0. The first kappa shape index (κ1) is 24.0. The highest BCUT2D eigenvalue weighted by atomic mass is 79.9. The smallest absolute Gasteiger partial charge is 0.309 e. The lowest BCUT2D eigenvalue weighted by atomic mass is 9.86. The molecule has 0 bridgehead atoms. The standard InChI is InChI=1S/C31H23BrClNO3/c32-24-10-8-20-14-22(7-6-21(20)15-24)30(35)34-28-12-9-23(31(36)37-18-19-4-2-1-3-5-19)16-26(28)27-17-25(33)11-13-29(27)34/h1-8,10-11,13-15,17,23H,9,12,16,18H2. The molecule has 0 aliphatic heterocycles. The van der Waals surface area contributed by atoms with Gasteiger partial charge < -0.3 is 4.74 Å². The van der Waals surface area contributed by atoms with Gasteiger partial charge in [0.05, 0.1) is 11.4 Å². The molecule has 0 spiro atoms. The molecular weight excluding hydrogens is 550 g/mol. The predicted octanol–water partition coefficient (Wildman–Crippen LogP) is 7.75. The van der Waals surface area contributed by atoms with E-state index >= 15 is 0 Å². The molecule has 6 heteroatoms. The van der Waals surface area contributed by atoms with Gasteiger partial charge in [-0.1, -0.05) is 70.0 Å². The first-order valence-electron chi connectivity index (χ1n) is 12.2. The SMILES string of the molecule is O=C(OCc1ccccc1)C1CCc2c(c3cc(Cl)ccc3n2C(=O)c2ccc3cc(Br)ccc3c2)C1. The fraction of sp³-hybridized carbons (Fsp3) is 0.161. The molecule has 0 radical (unpaired) electrons. The summed E-state index contributed by atoms with van der Waals surface area (Å²) >= 11 is 9.88. The molecule has 1 atom stereocenters. The van der Waals surface area contributed by atoms with Crippen molar-refractivity contribution in [1.29, 1.82) is 0 Å². The minimum atomic E-state index is -0.261. The van der Waals surface area contributed by atoms with Gasteiger partial charge in [-0.3, -0.25) is 14.2 Å². The van der Waals surface area contributed by atoms with Crippen molar-refractivity contribution >= 4 is 61.1 Å². The number of rotatable bonds is 4. The van der Waals surface area contributed by atoms with Crippen molar-refractivity contribution in [3.05, 3.63) is 117 Å². The fourth-order valence-electron chi connectivity index (χ4n) is 5.29. The van der Waals surface area contributed by atoms with Crippen LogP contribution in [0.2, 0.25) is 5.02 Å². The van der Waals surface area contributed by atoms with E-state index in [0.717, 1.165) is 43.0 Å². The van der Waals surface area contributed by atoms with Crippen molar-refractivity contribution in [3.63, 3.8) is 0 Å². The van der Waals surface area contributed by atoms with E-state index in [9.17, 15) is 9.59 Å². The molecule has 0 saturated carbocycles. The average Bonchev–Trinajstić information content (AvgIpc) is 3.24. The third kappa shape index (κ3) is 4.58. The number of carbonyl (C=O) groups is 2. The number of fused-ring (bicyclic) bond motifs is 4. The Labute approximate surface area is 227 Å². The minimum absolute atomic E-state index is 0.0801. The molecule has 4 aromatic carbocycles. The highest BCUT2D eigenvalue weighted by Crippen LogP contribution is 2.37. The number of aromatic nitrogens is 1. The molecule has 184 valence electrons. The van der Waals surface area contributed by atoms with Crippen LogP contribution in [0.3, 0.4) is 0 Å². The van der Waals surface area contributed by atoms with E-state index in [0.29, 0.717) is 29.8 Å². The molecule has 1 heterocycles. The summed E-state index contributed by atoms with van der Waals surface area (Å²) in [7, 11) is 0. The van der Waals surface area contributed by atoms with Crippen molar-refractivity contribution < 1.29 is 14.3 Å². The summed E-state index contributed by atoms with van der Waals surface area (Å²) in [6.45, 7) is 0.258. The summed E-state index contributed by atoms with van der Waals surface area (Å²) in [5, 5.41) is 3.59. The highest BCUT2D eigenvalue weighted by molar-refractivity contribution is 9.10. The second kappa shape index (κ2) is 9.81. The van der Waals surface area contributed by atoms with Crippen LogP contribution >= 0.6 is 27.5 Å². The molecule has 1 aliphatic rings. The van der Waals surface area contributed by atoms with Crippen molar-refractivity contribution in [2.75, 3.05) is 0 Å². The third-order valence-corrected chi connectivity index (χ3v) is 7.86. The first-order valence-corrected chi connectivity index (χ1v) is 13.4. The Bertz CT molecular complexity index is 1680. The number of nitrogens with zero attached hydrogens (tertiary/aromatic N) is 1. The summed E-state index contributed by atoms with van der Waals surface area (Å²) in [5.74, 6) is -0.545. The zero-order valence-electron chi connectivity index (χ0n) is 19.9. The Hall–Kier alpha value is -3.41. The van der Waals surface area contributed by atoms with E-state index in [1.54, 1.807) is 0 Å². The maximum Gasteiger partial charge on any atom is 0.309 e. The number of halogens is 2. The normalized spacial score (nSPS) is 15.0. The van der Waals surface area contributed by atoms with Crippen LogP contribution in [0.4, 0.5) is 0 Å². The summed E-state index contributed by atoms with van der Waals surface area (Å²) in [6.07, 6.45) is 1.76. The van der Waals surface area contributed by atoms with Gasteiger partial charge in [0.2, 0.25) is 0 Å². The number of esters is 1. The average molecular weight is 573 g/mol. The number of ether oxygens (including phenoxy) is 1. The van der Waals surface area contributed by atoms with E-state index in [1.165, 1.54) is 0 Å². The second-order valence-electron chi connectivity index (χ2n) is 9.47. The van der Waals surface area contributed by atoms with Gasteiger partial charge in [0.1, 0.15) is 6.61 Å². The molecule has 0 N–H and O–H groups in total. The van der Waals surface area contributed by atoms with E-state index in [2.05, 4.69) is 15.9 Å². The molecule has 0 fully saturated rings. The number of carbonyl (C=O) groups excluding carboxylic acids is 2. The molecule has 1 unspecified atom stereocenters. The Balaban J connectivity index is 1.34. The Morgan fingerprint density at radius 1 is 0.946 bits per heavy atom. The number of hydrogen-bond acceptors (Lipinski definition) is 3. The van der Waals surface area contributed by atoms with Crippen LogP contribution in [0.1, 0.15) is 33.6 Å². The van der Waals surface area contributed by atoms with Crippen LogP contribution in [0.25, 0.3) is 21.7 Å². The molecule has 1 aromatic heterocycles. The van der Waals surface area contributed by atoms with Gasteiger partial charge >= 0.3 is 5.97 Å². The van der Waals surface area contributed by atoms with Crippen molar-refractivity contribution in [1.82, 2.24) is 4.57 Å². The number of benzene rings is 4. The molecule has 0 amide bonds. The zero-order valence-corrected chi connectivity index (χ0v) is 22.3. The first-order chi connectivity index (χ1) is 18.0. The third-order valence-electron chi connectivity index (χ3n) is 7.13. The van der Waals surface area contributed by atoms with Gasteiger partial charge in [0, 0.05) is 26.1 Å². The summed E-state index contributed by atoms with van der Waals surface area (Å²) < 4.78 is 8.46. The summed E-state index contributed by atoms with van der Waals surface area (Å²) in [4.78, 5) is 26.9. The Morgan fingerprint density at radius 2 is 1.73 bits per heavy atom. The van der Waals surface area contributed by atoms with Crippen LogP contribution in [0.5, 0.6) is 0 Å². The van der Waals surface area contributed by atoms with Crippen molar-refractivity contribution in [2.24, 2.45) is 5.92 Å². The molecule has 4 nitrogen and oxygen atoms in total. The van der Waals surface area contributed by atoms with E-state index in [-0.39, 0.29) is 24.4 Å². The predicted molar refractivity (Wildman–Crippen MR) is 150 cm³/mol. The maximum atomic E-state index is 13.9. The lowest BCUT2D eigenvalue weighted by Gasteiger charge is -2.22. The fourth-order valence-corrected chi connectivity index (χ4v) is 5.84. The lowest BCUT2D eigenvalue weighted by molar-refractivity contribution is -0.150. The van der Waals surface area contributed by atoms with Gasteiger partial charge in [-0.15, -0.1) is 0 Å². The molecule has 0 saturated heterocycles. The van der Waals surface area contributed by atoms with Crippen molar-refractivity contribution in [2.45, 2.75) is 25.9 Å². The second-order valence-corrected chi connectivity index (χ2v) is 10.8. The van der Waals surface area contributed by atoms with Gasteiger partial charge in [-0.2, -0.15) is 0 Å². The topological polar surface area (TPSA) is 48.3 Å². The van der Waals surface area contributed by atoms with Gasteiger partial charge in [0.15, 0.2) is 0 Å². The quantitative estimate of drug-likeness (QED) is 0.207. The highest BCUT2D eigenvalue weighted by Gasteiger charge is 2.32.